The molecule has 2 aromatic rings. The van der Waals surface area contributed by atoms with Crippen molar-refractivity contribution < 1.29 is 9.53 Å². The number of nitrogens with zero attached hydrogens (tertiary/aromatic N) is 1. The lowest BCUT2D eigenvalue weighted by molar-refractivity contribution is -0.00347. The molecule has 3 atom stereocenters. The number of hydrogen-bond acceptors (Lipinski definition) is 2. The highest BCUT2D eigenvalue weighted by Gasteiger charge is 2.40. The fourth-order valence-corrected chi connectivity index (χ4v) is 6.41. The summed E-state index contributed by atoms with van der Waals surface area (Å²) in [5.74, 6) is 2.53. The first-order valence-electron chi connectivity index (χ1n) is 13.7. The van der Waals surface area contributed by atoms with Gasteiger partial charge in [0.05, 0.1) is 24.8 Å². The Balaban J connectivity index is 1.60. The number of aromatic nitrogens is 1. The van der Waals surface area contributed by atoms with Crippen LogP contribution in [0.2, 0.25) is 0 Å². The number of nitrogens with one attached hydrogen (secondary N) is 1. The average molecular weight is 477 g/mol. The van der Waals surface area contributed by atoms with E-state index in [-0.39, 0.29) is 22.8 Å². The molecule has 0 radical (unpaired) electrons. The number of amides is 1. The highest BCUT2D eigenvalue weighted by molar-refractivity contribution is 5.97. The largest absolute Gasteiger partial charge is 0.377 e. The molecule has 0 spiro atoms. The third-order valence-electron chi connectivity index (χ3n) is 8.85. The summed E-state index contributed by atoms with van der Waals surface area (Å²) >= 11 is 0. The van der Waals surface area contributed by atoms with Gasteiger partial charge in [-0.15, -0.1) is 0 Å². The number of fused-ring (bicyclic) bond motifs is 2. The van der Waals surface area contributed by atoms with E-state index in [1.165, 1.54) is 48.1 Å². The van der Waals surface area contributed by atoms with Crippen molar-refractivity contribution in [3.8, 4) is 11.3 Å². The van der Waals surface area contributed by atoms with Crippen LogP contribution >= 0.6 is 0 Å². The Labute approximate surface area is 211 Å². The van der Waals surface area contributed by atoms with Crippen LogP contribution in [0.1, 0.15) is 94.4 Å². The Hall–Kier alpha value is -2.07. The van der Waals surface area contributed by atoms with Crippen molar-refractivity contribution in [2.45, 2.75) is 97.6 Å². The summed E-state index contributed by atoms with van der Waals surface area (Å²) in [5.41, 5.74) is 7.14. The number of rotatable bonds is 5. The van der Waals surface area contributed by atoms with Gasteiger partial charge in [-0.3, -0.25) is 4.79 Å². The number of carbonyl (C=O) groups excluding carboxylic acids is 1. The van der Waals surface area contributed by atoms with E-state index in [0.717, 1.165) is 35.6 Å². The minimum Gasteiger partial charge on any atom is -0.377 e. The molecule has 3 fully saturated rings. The van der Waals surface area contributed by atoms with Gasteiger partial charge in [-0.2, -0.15) is 0 Å². The summed E-state index contributed by atoms with van der Waals surface area (Å²) in [4.78, 5) is 13.3. The fourth-order valence-electron chi connectivity index (χ4n) is 6.41. The zero-order valence-corrected chi connectivity index (χ0v) is 22.8. The lowest BCUT2D eigenvalue weighted by Gasteiger charge is -2.28. The molecule has 35 heavy (non-hydrogen) atoms. The minimum atomic E-state index is 0.0340. The quantitative estimate of drug-likeness (QED) is 0.527. The van der Waals surface area contributed by atoms with Gasteiger partial charge >= 0.3 is 0 Å². The van der Waals surface area contributed by atoms with Crippen molar-refractivity contribution in [3.05, 3.63) is 46.6 Å². The SMILES string of the molecule is Cc1c(C(=O)NC2COC2)cc(-c2cc(C(C)(C)C)cc(C(C)(C)C)c2)n1CC1CC2CCC1C2. The molecule has 1 aliphatic heterocycles. The van der Waals surface area contributed by atoms with Gasteiger partial charge in [-0.1, -0.05) is 54.0 Å². The van der Waals surface area contributed by atoms with E-state index < -0.39 is 0 Å². The summed E-state index contributed by atoms with van der Waals surface area (Å²) in [7, 11) is 0. The molecule has 1 amide bonds. The van der Waals surface area contributed by atoms with E-state index in [1.54, 1.807) is 0 Å². The molecule has 4 heteroatoms. The van der Waals surface area contributed by atoms with Gasteiger partial charge in [0.1, 0.15) is 0 Å². The molecule has 190 valence electrons. The van der Waals surface area contributed by atoms with Crippen LogP contribution in [0, 0.1) is 24.7 Å². The van der Waals surface area contributed by atoms with Gasteiger partial charge in [0.2, 0.25) is 0 Å². The van der Waals surface area contributed by atoms with Gasteiger partial charge in [0.15, 0.2) is 0 Å². The van der Waals surface area contributed by atoms with Gasteiger partial charge < -0.3 is 14.6 Å². The summed E-state index contributed by atoms with van der Waals surface area (Å²) in [5, 5.41) is 3.18. The molecule has 1 aromatic carbocycles. The van der Waals surface area contributed by atoms with Crippen molar-refractivity contribution in [1.82, 2.24) is 9.88 Å². The summed E-state index contributed by atoms with van der Waals surface area (Å²) < 4.78 is 7.77. The zero-order valence-electron chi connectivity index (χ0n) is 22.8. The predicted octanol–water partition coefficient (Wildman–Crippen LogP) is 6.62. The molecule has 2 bridgehead atoms. The van der Waals surface area contributed by atoms with Crippen LogP contribution in [0.4, 0.5) is 0 Å². The van der Waals surface area contributed by atoms with Crippen LogP contribution < -0.4 is 5.32 Å². The van der Waals surface area contributed by atoms with Crippen molar-refractivity contribution in [2.24, 2.45) is 17.8 Å². The Morgan fingerprint density at radius 2 is 1.63 bits per heavy atom. The molecule has 1 aromatic heterocycles. The van der Waals surface area contributed by atoms with Crippen molar-refractivity contribution >= 4 is 5.91 Å². The normalized spacial score (nSPS) is 24.6. The third-order valence-corrected chi connectivity index (χ3v) is 8.85. The van der Waals surface area contributed by atoms with Crippen LogP contribution in [-0.2, 0) is 22.1 Å². The van der Waals surface area contributed by atoms with E-state index in [9.17, 15) is 4.79 Å². The molecular weight excluding hydrogens is 432 g/mol. The summed E-state index contributed by atoms with van der Waals surface area (Å²) in [6, 6.07) is 9.40. The Bertz CT molecular complexity index is 1080. The van der Waals surface area contributed by atoms with Crippen LogP contribution in [0.25, 0.3) is 11.3 Å². The second kappa shape index (κ2) is 8.80. The maximum atomic E-state index is 13.3. The predicted molar refractivity (Wildman–Crippen MR) is 143 cm³/mol. The lowest BCUT2D eigenvalue weighted by atomic mass is 9.79. The van der Waals surface area contributed by atoms with Crippen LogP contribution in [0.15, 0.2) is 24.3 Å². The molecule has 4 nitrogen and oxygen atoms in total. The standard InChI is InChI=1S/C31H44N2O2/c1-19-27(29(34)32-26-17-35-18-26)15-28(33(19)16-23-11-20-8-9-21(23)10-20)22-12-24(30(2,3)4)14-25(13-22)31(5,6)7/h12-15,20-21,23,26H,8-11,16-18H2,1-7H3,(H,32,34). The maximum Gasteiger partial charge on any atom is 0.253 e. The number of ether oxygens (including phenoxy) is 1. The van der Waals surface area contributed by atoms with Gasteiger partial charge in [-0.25, -0.2) is 0 Å². The van der Waals surface area contributed by atoms with Crippen LogP contribution in [0.3, 0.4) is 0 Å². The molecule has 1 saturated heterocycles. The number of benzene rings is 1. The zero-order chi connectivity index (χ0) is 25.1. The molecule has 2 aliphatic carbocycles. The first-order chi connectivity index (χ1) is 16.4. The summed E-state index contributed by atoms with van der Waals surface area (Å²) in [6.45, 7) is 18.1. The summed E-state index contributed by atoms with van der Waals surface area (Å²) in [6.07, 6.45) is 5.55. The maximum absolute atomic E-state index is 13.3. The minimum absolute atomic E-state index is 0.0340. The molecule has 2 heterocycles. The first kappa shape index (κ1) is 24.6. The second-order valence-corrected chi connectivity index (χ2v) is 13.6. The molecule has 3 aliphatic rings. The molecule has 2 saturated carbocycles. The Morgan fingerprint density at radius 3 is 2.11 bits per heavy atom. The Morgan fingerprint density at radius 1 is 0.971 bits per heavy atom. The average Bonchev–Trinajstić information content (AvgIpc) is 3.45. The van der Waals surface area contributed by atoms with Gasteiger partial charge in [-0.05, 0) is 89.7 Å². The highest BCUT2D eigenvalue weighted by Crippen LogP contribution is 2.49. The van der Waals surface area contributed by atoms with Gasteiger partial charge in [0, 0.05) is 17.9 Å². The van der Waals surface area contributed by atoms with Gasteiger partial charge in [0.25, 0.3) is 5.91 Å². The topological polar surface area (TPSA) is 43.3 Å². The third kappa shape index (κ3) is 4.83. The van der Waals surface area contributed by atoms with E-state index in [1.807, 2.05) is 0 Å². The molecule has 1 N–H and O–H groups in total. The first-order valence-corrected chi connectivity index (χ1v) is 13.7. The molecule has 3 unspecified atom stereocenters. The van der Waals surface area contributed by atoms with E-state index in [2.05, 4.69) is 82.6 Å². The molecular formula is C31H44N2O2. The molecule has 5 rings (SSSR count). The highest BCUT2D eigenvalue weighted by atomic mass is 16.5. The smallest absolute Gasteiger partial charge is 0.253 e. The number of hydrogen-bond donors (Lipinski definition) is 1. The Kier molecular flexibility index (Phi) is 6.19. The van der Waals surface area contributed by atoms with Crippen LogP contribution in [0.5, 0.6) is 0 Å². The second-order valence-electron chi connectivity index (χ2n) is 13.6. The van der Waals surface area contributed by atoms with E-state index in [4.69, 9.17) is 4.74 Å². The van der Waals surface area contributed by atoms with E-state index in [0.29, 0.717) is 13.2 Å². The van der Waals surface area contributed by atoms with Crippen molar-refractivity contribution in [2.75, 3.05) is 13.2 Å². The number of carbonyl (C=O) groups is 1. The fraction of sp³-hybridized carbons (Fsp3) is 0.645. The monoisotopic (exact) mass is 476 g/mol. The lowest BCUT2D eigenvalue weighted by Crippen LogP contribution is -2.48. The van der Waals surface area contributed by atoms with E-state index >= 15 is 0 Å². The van der Waals surface area contributed by atoms with Crippen molar-refractivity contribution in [3.63, 3.8) is 0 Å². The van der Waals surface area contributed by atoms with Crippen molar-refractivity contribution in [1.29, 1.82) is 0 Å². The van der Waals surface area contributed by atoms with Crippen LogP contribution in [-0.4, -0.2) is 29.7 Å².